The summed E-state index contributed by atoms with van der Waals surface area (Å²) in [5.41, 5.74) is -1.30. The van der Waals surface area contributed by atoms with Crippen molar-refractivity contribution in [1.82, 2.24) is 9.97 Å². The fourth-order valence-corrected chi connectivity index (χ4v) is 2.10. The van der Waals surface area contributed by atoms with Crippen LogP contribution in [-0.4, -0.2) is 51.9 Å². The monoisotopic (exact) mass is 283 g/mol. The summed E-state index contributed by atoms with van der Waals surface area (Å²) in [6.07, 6.45) is 1.36. The van der Waals surface area contributed by atoms with E-state index in [4.69, 9.17) is 4.74 Å². The SMILES string of the molecule is CNc1ncnc(NCC2(O)CCOC2C)c1[N+](=O)[O-]. The quantitative estimate of drug-likeness (QED) is 0.523. The Morgan fingerprint density at radius 3 is 2.85 bits per heavy atom. The van der Waals surface area contributed by atoms with Crippen LogP contribution in [0.3, 0.4) is 0 Å². The summed E-state index contributed by atoms with van der Waals surface area (Å²) in [7, 11) is 1.54. The van der Waals surface area contributed by atoms with Crippen LogP contribution in [0, 0.1) is 10.1 Å². The van der Waals surface area contributed by atoms with Crippen molar-refractivity contribution >= 4 is 17.3 Å². The van der Waals surface area contributed by atoms with Gasteiger partial charge in [0.05, 0.1) is 11.0 Å². The summed E-state index contributed by atoms with van der Waals surface area (Å²) >= 11 is 0. The van der Waals surface area contributed by atoms with Crippen LogP contribution in [0.25, 0.3) is 0 Å². The van der Waals surface area contributed by atoms with Crippen molar-refractivity contribution in [3.63, 3.8) is 0 Å². The van der Waals surface area contributed by atoms with Crippen LogP contribution in [0.15, 0.2) is 6.33 Å². The van der Waals surface area contributed by atoms with Crippen LogP contribution in [0.2, 0.25) is 0 Å². The molecule has 1 aromatic rings. The maximum absolute atomic E-state index is 11.1. The van der Waals surface area contributed by atoms with Gasteiger partial charge >= 0.3 is 5.69 Å². The largest absolute Gasteiger partial charge is 0.385 e. The molecule has 2 unspecified atom stereocenters. The molecule has 110 valence electrons. The molecule has 2 atom stereocenters. The zero-order chi connectivity index (χ0) is 14.8. The molecular weight excluding hydrogens is 266 g/mol. The molecule has 0 aromatic carbocycles. The lowest BCUT2D eigenvalue weighted by Gasteiger charge is -2.26. The Labute approximate surface area is 115 Å². The third-order valence-electron chi connectivity index (χ3n) is 3.46. The second kappa shape index (κ2) is 5.55. The van der Waals surface area contributed by atoms with Crippen LogP contribution in [0.5, 0.6) is 0 Å². The highest BCUT2D eigenvalue weighted by Gasteiger charge is 2.40. The maximum Gasteiger partial charge on any atom is 0.353 e. The van der Waals surface area contributed by atoms with Crippen LogP contribution in [0.4, 0.5) is 17.3 Å². The Bertz CT molecular complexity index is 512. The molecule has 9 heteroatoms. The standard InChI is InChI=1S/C11H17N5O4/c1-7-11(17,3-4-20-7)5-13-10-8(16(18)19)9(12-2)14-6-15-10/h6-7,17H,3-5H2,1-2H3,(H2,12,13,14,15). The molecule has 1 aliphatic heterocycles. The number of hydrogen-bond donors (Lipinski definition) is 3. The second-order valence-corrected chi connectivity index (χ2v) is 4.65. The molecule has 1 aromatic heterocycles. The summed E-state index contributed by atoms with van der Waals surface area (Å²) in [5, 5.41) is 26.9. The van der Waals surface area contributed by atoms with Crippen molar-refractivity contribution in [2.45, 2.75) is 25.0 Å². The third-order valence-corrected chi connectivity index (χ3v) is 3.46. The molecule has 0 bridgehead atoms. The molecule has 9 nitrogen and oxygen atoms in total. The molecule has 1 saturated heterocycles. The normalized spacial score (nSPS) is 25.4. The molecule has 0 spiro atoms. The van der Waals surface area contributed by atoms with E-state index < -0.39 is 10.5 Å². The first-order valence-corrected chi connectivity index (χ1v) is 6.23. The summed E-state index contributed by atoms with van der Waals surface area (Å²) in [6.45, 7) is 2.35. The van der Waals surface area contributed by atoms with Crippen LogP contribution in [0.1, 0.15) is 13.3 Å². The van der Waals surface area contributed by atoms with Crippen molar-refractivity contribution in [2.75, 3.05) is 30.8 Å². The first kappa shape index (κ1) is 14.4. The van der Waals surface area contributed by atoms with E-state index in [9.17, 15) is 15.2 Å². The smallest absolute Gasteiger partial charge is 0.353 e. The summed E-state index contributed by atoms with van der Waals surface area (Å²) < 4.78 is 5.31. The number of rotatable bonds is 5. The molecule has 1 aliphatic rings. The average Bonchev–Trinajstić information content (AvgIpc) is 2.76. The number of hydrogen-bond acceptors (Lipinski definition) is 8. The fraction of sp³-hybridized carbons (Fsp3) is 0.636. The minimum absolute atomic E-state index is 0.0712. The Morgan fingerprint density at radius 2 is 2.30 bits per heavy atom. The highest BCUT2D eigenvalue weighted by atomic mass is 16.6. The van der Waals surface area contributed by atoms with Gasteiger partial charge in [0.25, 0.3) is 0 Å². The highest BCUT2D eigenvalue weighted by Crippen LogP contribution is 2.30. The number of nitrogens with one attached hydrogen (secondary N) is 2. The van der Waals surface area contributed by atoms with Crippen molar-refractivity contribution < 1.29 is 14.8 Å². The van der Waals surface area contributed by atoms with Gasteiger partial charge in [0.2, 0.25) is 11.6 Å². The van der Waals surface area contributed by atoms with Crippen LogP contribution in [-0.2, 0) is 4.74 Å². The van der Waals surface area contributed by atoms with Gasteiger partial charge in [-0.25, -0.2) is 9.97 Å². The lowest BCUT2D eigenvalue weighted by molar-refractivity contribution is -0.383. The molecule has 2 heterocycles. The van der Waals surface area contributed by atoms with Crippen molar-refractivity contribution in [3.05, 3.63) is 16.4 Å². The van der Waals surface area contributed by atoms with Crippen molar-refractivity contribution in [2.24, 2.45) is 0 Å². The summed E-state index contributed by atoms with van der Waals surface area (Å²) in [6, 6.07) is 0. The Morgan fingerprint density at radius 1 is 1.60 bits per heavy atom. The van der Waals surface area contributed by atoms with Gasteiger partial charge in [-0.2, -0.15) is 0 Å². The fourth-order valence-electron chi connectivity index (χ4n) is 2.10. The third kappa shape index (κ3) is 2.63. The molecule has 1 fully saturated rings. The molecule has 2 rings (SSSR count). The minimum Gasteiger partial charge on any atom is -0.385 e. The van der Waals surface area contributed by atoms with Crippen LogP contribution >= 0.6 is 0 Å². The predicted octanol–water partition coefficient (Wildman–Crippen LogP) is 0.378. The van der Waals surface area contributed by atoms with E-state index in [-0.39, 0.29) is 30.0 Å². The number of aromatic nitrogens is 2. The summed E-state index contributed by atoms with van der Waals surface area (Å²) in [5.74, 6) is 0.192. The van der Waals surface area contributed by atoms with E-state index in [1.54, 1.807) is 14.0 Å². The first-order chi connectivity index (χ1) is 9.48. The first-order valence-electron chi connectivity index (χ1n) is 6.23. The molecular formula is C11H17N5O4. The highest BCUT2D eigenvalue weighted by molar-refractivity contribution is 5.69. The van der Waals surface area contributed by atoms with Gasteiger partial charge in [-0.1, -0.05) is 0 Å². The maximum atomic E-state index is 11.1. The molecule has 3 N–H and O–H groups in total. The van der Waals surface area contributed by atoms with Crippen LogP contribution < -0.4 is 10.6 Å². The van der Waals surface area contributed by atoms with E-state index in [2.05, 4.69) is 20.6 Å². The number of aliphatic hydroxyl groups is 1. The number of anilines is 2. The Hall–Kier alpha value is -2.00. The topological polar surface area (TPSA) is 122 Å². The zero-order valence-electron chi connectivity index (χ0n) is 11.3. The Kier molecular flexibility index (Phi) is 4.00. The van der Waals surface area contributed by atoms with Gasteiger partial charge in [-0.15, -0.1) is 0 Å². The van der Waals surface area contributed by atoms with Gasteiger partial charge in [0.15, 0.2) is 0 Å². The lowest BCUT2D eigenvalue weighted by atomic mass is 9.97. The van der Waals surface area contributed by atoms with Gasteiger partial charge in [-0.05, 0) is 6.92 Å². The minimum atomic E-state index is -1.06. The van der Waals surface area contributed by atoms with E-state index >= 15 is 0 Å². The number of nitrogens with zero attached hydrogens (tertiary/aromatic N) is 3. The van der Waals surface area contributed by atoms with Gasteiger partial charge in [-0.3, -0.25) is 10.1 Å². The number of ether oxygens (including phenoxy) is 1. The average molecular weight is 283 g/mol. The molecule has 0 radical (unpaired) electrons. The molecule has 20 heavy (non-hydrogen) atoms. The van der Waals surface area contributed by atoms with E-state index in [0.29, 0.717) is 13.0 Å². The zero-order valence-corrected chi connectivity index (χ0v) is 11.3. The lowest BCUT2D eigenvalue weighted by Crippen LogP contribution is -2.43. The van der Waals surface area contributed by atoms with E-state index in [1.807, 2.05) is 0 Å². The van der Waals surface area contributed by atoms with Gasteiger partial charge in [0, 0.05) is 26.6 Å². The van der Waals surface area contributed by atoms with Gasteiger partial charge < -0.3 is 20.5 Å². The van der Waals surface area contributed by atoms with Crippen molar-refractivity contribution in [3.8, 4) is 0 Å². The molecule has 0 amide bonds. The summed E-state index contributed by atoms with van der Waals surface area (Å²) in [4.78, 5) is 18.2. The van der Waals surface area contributed by atoms with E-state index in [0.717, 1.165) is 0 Å². The molecule has 0 saturated carbocycles. The molecule has 0 aliphatic carbocycles. The predicted molar refractivity (Wildman–Crippen MR) is 71.7 cm³/mol. The van der Waals surface area contributed by atoms with Gasteiger partial charge in [0.1, 0.15) is 11.9 Å². The Balaban J connectivity index is 2.19. The second-order valence-electron chi connectivity index (χ2n) is 4.65. The van der Waals surface area contributed by atoms with E-state index in [1.165, 1.54) is 6.33 Å². The number of nitro groups is 1. The van der Waals surface area contributed by atoms with Crippen molar-refractivity contribution in [1.29, 1.82) is 0 Å².